The van der Waals surface area contributed by atoms with Crippen LogP contribution in [0, 0.1) is 5.92 Å². The lowest BCUT2D eigenvalue weighted by molar-refractivity contribution is 0.311. The van der Waals surface area contributed by atoms with Crippen molar-refractivity contribution in [2.24, 2.45) is 5.92 Å². The fourth-order valence-corrected chi connectivity index (χ4v) is 17.3. The maximum atomic E-state index is 6.43. The van der Waals surface area contributed by atoms with E-state index in [9.17, 15) is 0 Å². The molecule has 2 nitrogen and oxygen atoms in total. The summed E-state index contributed by atoms with van der Waals surface area (Å²) in [7, 11) is 0. The molecule has 14 rings (SSSR count). The molecule has 6 aromatic rings. The van der Waals surface area contributed by atoms with Crippen LogP contribution >= 0.6 is 46.2 Å². The minimum atomic E-state index is 0.424. The molecule has 0 amide bonds. The van der Waals surface area contributed by atoms with Crippen molar-refractivity contribution >= 4 is 62.4 Å². The normalized spacial score (nSPS) is 27.0. The van der Waals surface area contributed by atoms with E-state index in [1.807, 2.05) is 22.7 Å². The van der Waals surface area contributed by atoms with Gasteiger partial charge in [-0.2, -0.15) is 0 Å². The lowest BCUT2D eigenvalue weighted by atomic mass is 9.63. The third-order valence-electron chi connectivity index (χ3n) is 14.8. The van der Waals surface area contributed by atoms with Crippen molar-refractivity contribution < 1.29 is 9.47 Å². The summed E-state index contributed by atoms with van der Waals surface area (Å²) in [4.78, 5) is 6.32. The molecule has 0 N–H and O–H groups in total. The quantitative estimate of drug-likeness (QED) is 0.160. The lowest BCUT2D eigenvalue weighted by Gasteiger charge is -2.43. The number of ether oxygens (including phenoxy) is 2. The molecule has 6 heteroatoms. The van der Waals surface area contributed by atoms with Crippen LogP contribution in [0.1, 0.15) is 101 Å². The zero-order chi connectivity index (χ0) is 37.6. The first-order valence-corrected chi connectivity index (χ1v) is 24.9. The first-order valence-electron chi connectivity index (χ1n) is 21.4. The van der Waals surface area contributed by atoms with E-state index in [0.29, 0.717) is 40.8 Å². The van der Waals surface area contributed by atoms with Gasteiger partial charge >= 0.3 is 0 Å². The smallest absolute Gasteiger partial charge is 0.122 e. The summed E-state index contributed by atoms with van der Waals surface area (Å²) in [6, 6.07) is 28.5. The van der Waals surface area contributed by atoms with Crippen molar-refractivity contribution in [3.63, 3.8) is 0 Å². The monoisotopic (exact) mass is 826 g/mol. The van der Waals surface area contributed by atoms with Crippen molar-refractivity contribution in [1.29, 1.82) is 0 Å². The van der Waals surface area contributed by atoms with E-state index in [1.54, 1.807) is 48.1 Å². The Kier molecular flexibility index (Phi) is 7.46. The minimum Gasteiger partial charge on any atom is -0.493 e. The molecule has 7 unspecified atom stereocenters. The molecule has 0 bridgehead atoms. The van der Waals surface area contributed by atoms with Crippen molar-refractivity contribution in [3.05, 3.63) is 172 Å². The second kappa shape index (κ2) is 12.8. The maximum Gasteiger partial charge on any atom is 0.122 e. The molecule has 0 fully saturated rings. The van der Waals surface area contributed by atoms with E-state index in [-0.39, 0.29) is 0 Å². The third-order valence-corrected chi connectivity index (χ3v) is 19.9. The Morgan fingerprint density at radius 2 is 1.59 bits per heavy atom. The van der Waals surface area contributed by atoms with Gasteiger partial charge in [-0.05, 0) is 128 Å². The van der Waals surface area contributed by atoms with Gasteiger partial charge in [-0.25, -0.2) is 0 Å². The number of aryl methyl sites for hydroxylation is 3. The van der Waals surface area contributed by atoms with Crippen LogP contribution in [0.15, 0.2) is 112 Å². The molecule has 7 atom stereocenters. The van der Waals surface area contributed by atoms with E-state index in [2.05, 4.69) is 126 Å². The highest BCUT2D eigenvalue weighted by Gasteiger charge is 2.49. The number of benzene rings is 4. The van der Waals surface area contributed by atoms with Crippen LogP contribution in [-0.2, 0) is 32.1 Å². The third kappa shape index (κ3) is 4.92. The van der Waals surface area contributed by atoms with Gasteiger partial charge in [0.05, 0.1) is 13.2 Å². The summed E-state index contributed by atoms with van der Waals surface area (Å²) in [6.45, 7) is 1.64. The predicted octanol–water partition coefficient (Wildman–Crippen LogP) is 13.1. The second-order valence-electron chi connectivity index (χ2n) is 17.8. The van der Waals surface area contributed by atoms with E-state index >= 15 is 0 Å². The maximum absolute atomic E-state index is 6.43. The highest BCUT2D eigenvalue weighted by Crippen LogP contribution is 2.65. The second-order valence-corrected chi connectivity index (χ2v) is 22.2. The number of hydrogen-bond donors (Lipinski definition) is 0. The standard InChI is InChI=1S/C52H42O2S4/c1-5-29-17-19-53-44(29)22-28(1)3-10-34-24-32-8-13-38-47(51(32)58-34)39-15-14-35-42(26-56-52(35)48(38)39)41-25-54-43-16-4-27(21-40(41)43)2-9-33-23-31-7-12-37-45-36(46(37)50(31)57-33)11-6-30-18-20-55-49(30)45/h1,4-8,11-16,18,20-23,34,36,39,41-42,45,48H,2-3,9-10,17,19,24-26H2. The average molecular weight is 827 g/mol. The van der Waals surface area contributed by atoms with Crippen LogP contribution in [0.5, 0.6) is 11.5 Å². The highest BCUT2D eigenvalue weighted by molar-refractivity contribution is 8.03. The van der Waals surface area contributed by atoms with Crippen LogP contribution in [0.2, 0.25) is 0 Å². The number of fused-ring (bicyclic) bond motifs is 17. The zero-order valence-electron chi connectivity index (χ0n) is 32.2. The molecule has 0 saturated carbocycles. The first-order chi connectivity index (χ1) is 28.7. The van der Waals surface area contributed by atoms with Gasteiger partial charge in [0.15, 0.2) is 0 Å². The molecule has 8 aliphatic rings. The molecule has 286 valence electrons. The van der Waals surface area contributed by atoms with E-state index in [1.165, 1.54) is 55.6 Å². The van der Waals surface area contributed by atoms with E-state index in [4.69, 9.17) is 9.47 Å². The Labute approximate surface area is 356 Å². The molecule has 4 aliphatic heterocycles. The van der Waals surface area contributed by atoms with Gasteiger partial charge in [0.25, 0.3) is 0 Å². The lowest BCUT2D eigenvalue weighted by Crippen LogP contribution is -2.27. The predicted molar refractivity (Wildman–Crippen MR) is 243 cm³/mol. The average Bonchev–Trinajstić information content (AvgIpc) is 4.09. The topological polar surface area (TPSA) is 18.5 Å². The van der Waals surface area contributed by atoms with Crippen molar-refractivity contribution in [1.82, 2.24) is 0 Å². The highest BCUT2D eigenvalue weighted by atomic mass is 32.2. The van der Waals surface area contributed by atoms with Crippen LogP contribution in [0.3, 0.4) is 0 Å². The van der Waals surface area contributed by atoms with E-state index < -0.39 is 0 Å². The van der Waals surface area contributed by atoms with Crippen molar-refractivity contribution in [3.8, 4) is 11.5 Å². The van der Waals surface area contributed by atoms with Gasteiger partial charge in [-0.1, -0.05) is 72.8 Å². The van der Waals surface area contributed by atoms with Gasteiger partial charge in [0.1, 0.15) is 11.5 Å². The summed E-state index contributed by atoms with van der Waals surface area (Å²) in [6.07, 6.45) is 16.7. The van der Waals surface area contributed by atoms with E-state index in [0.717, 1.165) is 56.1 Å². The molecular formula is C52H42O2S4. The molecule has 6 heterocycles. The number of thiophene rings is 2. The van der Waals surface area contributed by atoms with Crippen LogP contribution in [0.25, 0.3) is 16.2 Å². The number of allylic oxidation sites excluding steroid dienone is 5. The van der Waals surface area contributed by atoms with Gasteiger partial charge in [-0.15, -0.1) is 46.2 Å². The largest absolute Gasteiger partial charge is 0.493 e. The van der Waals surface area contributed by atoms with Crippen LogP contribution in [0.4, 0.5) is 0 Å². The number of hydrogen-bond acceptors (Lipinski definition) is 6. The molecule has 0 spiro atoms. The van der Waals surface area contributed by atoms with Gasteiger partial charge in [-0.3, -0.25) is 0 Å². The van der Waals surface area contributed by atoms with Crippen molar-refractivity contribution in [2.75, 3.05) is 19.0 Å². The zero-order valence-corrected chi connectivity index (χ0v) is 35.4. The molecule has 2 aromatic heterocycles. The fourth-order valence-electron chi connectivity index (χ4n) is 11.9. The Bertz CT molecular complexity index is 2850. The summed E-state index contributed by atoms with van der Waals surface area (Å²) in [5.41, 5.74) is 16.7. The number of thioether (sulfide) groups is 2. The molecule has 0 radical (unpaired) electrons. The molecule has 58 heavy (non-hydrogen) atoms. The van der Waals surface area contributed by atoms with Gasteiger partial charge in [0, 0.05) is 77.8 Å². The molecular weight excluding hydrogens is 785 g/mol. The Morgan fingerprint density at radius 3 is 2.59 bits per heavy atom. The summed E-state index contributed by atoms with van der Waals surface area (Å²) >= 11 is 8.29. The summed E-state index contributed by atoms with van der Waals surface area (Å²) in [5.74, 6) is 6.51. The number of rotatable bonds is 7. The van der Waals surface area contributed by atoms with Crippen molar-refractivity contribution in [2.45, 2.75) is 78.3 Å². The van der Waals surface area contributed by atoms with Gasteiger partial charge in [0.2, 0.25) is 0 Å². The molecule has 0 saturated heterocycles. The van der Waals surface area contributed by atoms with Crippen LogP contribution in [-0.4, -0.2) is 24.2 Å². The fraction of sp³-hybridized carbons (Fsp3) is 0.308. The Morgan fingerprint density at radius 1 is 0.707 bits per heavy atom. The minimum absolute atomic E-state index is 0.424. The molecule has 4 aliphatic carbocycles. The molecule has 4 aromatic carbocycles. The van der Waals surface area contributed by atoms with Gasteiger partial charge < -0.3 is 9.47 Å². The summed E-state index contributed by atoms with van der Waals surface area (Å²) in [5, 5.41) is 4.34. The summed E-state index contributed by atoms with van der Waals surface area (Å²) < 4.78 is 13.8. The Balaban J connectivity index is 0.673. The first kappa shape index (κ1) is 33.8. The van der Waals surface area contributed by atoms with Crippen LogP contribution < -0.4 is 9.47 Å². The SMILES string of the molecule is C1=CC2c3c(ccc4c3SC(CCc3ccc5c(c3)OCC5)C4)C2C2=C1C(C1COc3ccc(CCc4cc5ccc6c(c5s4)C4C=Cc5ccsc5C64)cc31)CS2. The Hall–Kier alpha value is -3.94.